The lowest BCUT2D eigenvalue weighted by molar-refractivity contribution is -0.114. The molecule has 1 N–H and O–H groups in total. The summed E-state index contributed by atoms with van der Waals surface area (Å²) >= 11 is 12.0. The van der Waals surface area contributed by atoms with Crippen LogP contribution in [0.3, 0.4) is 0 Å². The van der Waals surface area contributed by atoms with Crippen LogP contribution >= 0.6 is 23.2 Å². The number of anilines is 2. The van der Waals surface area contributed by atoms with E-state index in [1.165, 1.54) is 18.2 Å². The topological polar surface area (TPSA) is 66.5 Å². The summed E-state index contributed by atoms with van der Waals surface area (Å²) in [5.41, 5.74) is 2.56. The van der Waals surface area contributed by atoms with Crippen molar-refractivity contribution in [2.45, 2.75) is 18.7 Å². The van der Waals surface area contributed by atoms with Crippen molar-refractivity contribution in [2.75, 3.05) is 16.2 Å². The average Bonchev–Trinajstić information content (AvgIpc) is 2.68. The van der Waals surface area contributed by atoms with Crippen LogP contribution in [0, 0.1) is 13.8 Å². The van der Waals surface area contributed by atoms with E-state index in [9.17, 15) is 13.2 Å². The zero-order chi connectivity index (χ0) is 21.9. The Hall–Kier alpha value is -2.54. The van der Waals surface area contributed by atoms with Crippen LogP contribution < -0.4 is 9.62 Å². The van der Waals surface area contributed by atoms with Gasteiger partial charge in [-0.15, -0.1) is 0 Å². The third-order valence-corrected chi connectivity index (χ3v) is 6.71. The fraction of sp³-hybridized carbons (Fsp3) is 0.136. The lowest BCUT2D eigenvalue weighted by Gasteiger charge is -2.24. The number of rotatable bonds is 6. The van der Waals surface area contributed by atoms with E-state index in [1.807, 2.05) is 6.92 Å². The van der Waals surface area contributed by atoms with Crippen molar-refractivity contribution in [3.63, 3.8) is 0 Å². The molecule has 0 aliphatic carbocycles. The molecule has 0 atom stereocenters. The van der Waals surface area contributed by atoms with Gasteiger partial charge in [0.25, 0.3) is 10.0 Å². The Balaban J connectivity index is 1.95. The van der Waals surface area contributed by atoms with E-state index in [4.69, 9.17) is 23.2 Å². The van der Waals surface area contributed by atoms with E-state index in [2.05, 4.69) is 5.32 Å². The Morgan fingerprint density at radius 1 is 0.933 bits per heavy atom. The SMILES string of the molecule is Cc1ccc(S(=O)(=O)N(CC(=O)Nc2ccc(Cl)cc2C)c2cccc(Cl)c2)cc1. The highest BCUT2D eigenvalue weighted by molar-refractivity contribution is 7.92. The van der Waals surface area contributed by atoms with Gasteiger partial charge in [0.1, 0.15) is 6.54 Å². The van der Waals surface area contributed by atoms with E-state index >= 15 is 0 Å². The van der Waals surface area contributed by atoms with Crippen molar-refractivity contribution in [3.8, 4) is 0 Å². The van der Waals surface area contributed by atoms with Crippen LogP contribution in [0.5, 0.6) is 0 Å². The highest BCUT2D eigenvalue weighted by Crippen LogP contribution is 2.27. The first kappa shape index (κ1) is 22.2. The number of hydrogen-bond acceptors (Lipinski definition) is 3. The molecule has 0 fully saturated rings. The lowest BCUT2D eigenvalue weighted by Crippen LogP contribution is -2.38. The van der Waals surface area contributed by atoms with Gasteiger partial charge >= 0.3 is 0 Å². The number of hydrogen-bond donors (Lipinski definition) is 1. The minimum absolute atomic E-state index is 0.0866. The molecule has 0 bridgehead atoms. The number of nitrogens with zero attached hydrogens (tertiary/aromatic N) is 1. The van der Waals surface area contributed by atoms with Crippen LogP contribution in [0.2, 0.25) is 10.0 Å². The molecule has 30 heavy (non-hydrogen) atoms. The third kappa shape index (κ3) is 5.14. The molecule has 3 aromatic rings. The second-order valence-electron chi connectivity index (χ2n) is 6.81. The maximum Gasteiger partial charge on any atom is 0.264 e. The van der Waals surface area contributed by atoms with Crippen LogP contribution in [0.15, 0.2) is 71.6 Å². The summed E-state index contributed by atoms with van der Waals surface area (Å²) < 4.78 is 27.7. The highest BCUT2D eigenvalue weighted by Gasteiger charge is 2.27. The number of halogens is 2. The van der Waals surface area contributed by atoms with Crippen molar-refractivity contribution in [3.05, 3.63) is 87.9 Å². The van der Waals surface area contributed by atoms with Crippen LogP contribution in [-0.2, 0) is 14.8 Å². The first-order chi connectivity index (χ1) is 14.2. The van der Waals surface area contributed by atoms with Gasteiger partial charge in [-0.3, -0.25) is 9.10 Å². The Labute approximate surface area is 186 Å². The number of carbonyl (C=O) groups excluding carboxylic acids is 1. The number of sulfonamides is 1. The fourth-order valence-electron chi connectivity index (χ4n) is 2.87. The maximum atomic E-state index is 13.3. The number of nitrogens with one attached hydrogen (secondary N) is 1. The Morgan fingerprint density at radius 2 is 1.60 bits per heavy atom. The summed E-state index contributed by atoms with van der Waals surface area (Å²) in [7, 11) is -4.00. The minimum Gasteiger partial charge on any atom is -0.324 e. The molecule has 0 saturated heterocycles. The normalized spacial score (nSPS) is 11.2. The second kappa shape index (κ2) is 9.08. The Kier molecular flexibility index (Phi) is 6.71. The van der Waals surface area contributed by atoms with Gasteiger partial charge in [0, 0.05) is 15.7 Å². The Morgan fingerprint density at radius 3 is 2.23 bits per heavy atom. The molecule has 0 spiro atoms. The summed E-state index contributed by atoms with van der Waals surface area (Å²) in [5.74, 6) is -0.490. The molecule has 5 nitrogen and oxygen atoms in total. The fourth-order valence-corrected chi connectivity index (χ4v) is 4.70. The summed E-state index contributed by atoms with van der Waals surface area (Å²) in [6, 6.07) is 17.9. The molecule has 0 aromatic heterocycles. The molecule has 0 heterocycles. The van der Waals surface area contributed by atoms with Crippen molar-refractivity contribution >= 4 is 50.5 Å². The smallest absolute Gasteiger partial charge is 0.264 e. The first-order valence-corrected chi connectivity index (χ1v) is 11.3. The maximum absolute atomic E-state index is 13.3. The van der Waals surface area contributed by atoms with E-state index in [0.717, 1.165) is 15.4 Å². The molecule has 0 aliphatic heterocycles. The van der Waals surface area contributed by atoms with Crippen LogP contribution in [0.4, 0.5) is 11.4 Å². The number of benzene rings is 3. The van der Waals surface area contributed by atoms with E-state index in [-0.39, 0.29) is 4.90 Å². The van der Waals surface area contributed by atoms with Gasteiger partial charge in [0.15, 0.2) is 0 Å². The van der Waals surface area contributed by atoms with Gasteiger partial charge in [0.05, 0.1) is 10.6 Å². The zero-order valence-electron chi connectivity index (χ0n) is 16.4. The third-order valence-electron chi connectivity index (χ3n) is 4.45. The molecule has 0 saturated carbocycles. The second-order valence-corrected chi connectivity index (χ2v) is 9.55. The molecule has 3 rings (SSSR count). The molecule has 0 aliphatic rings. The first-order valence-electron chi connectivity index (χ1n) is 9.08. The van der Waals surface area contributed by atoms with Crippen LogP contribution in [0.25, 0.3) is 0 Å². The molecule has 156 valence electrons. The summed E-state index contributed by atoms with van der Waals surface area (Å²) in [6.45, 7) is 3.25. The quantitative estimate of drug-likeness (QED) is 0.529. The molecule has 3 aromatic carbocycles. The standard InChI is InChI=1S/C22H20Cl2N2O3S/c1-15-6-9-20(10-7-15)30(28,29)26(19-5-3-4-17(23)13-19)14-22(27)25-21-11-8-18(24)12-16(21)2/h3-13H,14H2,1-2H3,(H,25,27). The van der Waals surface area contributed by atoms with Gasteiger partial charge < -0.3 is 5.32 Å². The molecule has 1 amide bonds. The van der Waals surface area contributed by atoms with Gasteiger partial charge in [-0.1, -0.05) is 47.0 Å². The zero-order valence-corrected chi connectivity index (χ0v) is 18.7. The number of amides is 1. The highest BCUT2D eigenvalue weighted by atomic mass is 35.5. The molecule has 0 radical (unpaired) electrons. The van der Waals surface area contributed by atoms with Gasteiger partial charge in [-0.2, -0.15) is 0 Å². The average molecular weight is 463 g/mol. The monoisotopic (exact) mass is 462 g/mol. The van der Waals surface area contributed by atoms with Crippen molar-refractivity contribution in [2.24, 2.45) is 0 Å². The lowest BCUT2D eigenvalue weighted by atomic mass is 10.2. The van der Waals surface area contributed by atoms with Crippen molar-refractivity contribution in [1.29, 1.82) is 0 Å². The summed E-state index contributed by atoms with van der Waals surface area (Å²) in [4.78, 5) is 12.9. The molecule has 8 heteroatoms. The largest absolute Gasteiger partial charge is 0.324 e. The van der Waals surface area contributed by atoms with Crippen molar-refractivity contribution in [1.82, 2.24) is 0 Å². The number of aryl methyl sites for hydroxylation is 2. The molecule has 0 unspecified atom stereocenters. The predicted octanol–water partition coefficient (Wildman–Crippen LogP) is 5.44. The van der Waals surface area contributed by atoms with Gasteiger partial charge in [-0.05, 0) is 67.9 Å². The predicted molar refractivity (Wildman–Crippen MR) is 122 cm³/mol. The van der Waals surface area contributed by atoms with E-state index in [1.54, 1.807) is 55.5 Å². The van der Waals surface area contributed by atoms with Gasteiger partial charge in [-0.25, -0.2) is 8.42 Å². The summed E-state index contributed by atoms with van der Waals surface area (Å²) in [6.07, 6.45) is 0. The van der Waals surface area contributed by atoms with Crippen molar-refractivity contribution < 1.29 is 13.2 Å². The van der Waals surface area contributed by atoms with E-state index < -0.39 is 22.5 Å². The Bertz CT molecular complexity index is 1180. The molecular formula is C22H20Cl2N2O3S. The van der Waals surface area contributed by atoms with Crippen LogP contribution in [0.1, 0.15) is 11.1 Å². The molecular weight excluding hydrogens is 443 g/mol. The number of carbonyl (C=O) groups is 1. The minimum atomic E-state index is -4.00. The van der Waals surface area contributed by atoms with E-state index in [0.29, 0.717) is 21.4 Å². The van der Waals surface area contributed by atoms with Gasteiger partial charge in [0.2, 0.25) is 5.91 Å². The summed E-state index contributed by atoms with van der Waals surface area (Å²) in [5, 5.41) is 3.66. The van der Waals surface area contributed by atoms with Crippen LogP contribution in [-0.4, -0.2) is 20.9 Å².